The van der Waals surface area contributed by atoms with Crippen LogP contribution in [0.25, 0.3) is 21.9 Å². The number of aromatic nitrogens is 1. The van der Waals surface area contributed by atoms with Gasteiger partial charge in [0.2, 0.25) is 5.88 Å². The molecule has 0 radical (unpaired) electrons. The van der Waals surface area contributed by atoms with Crippen LogP contribution in [0.3, 0.4) is 0 Å². The van der Waals surface area contributed by atoms with Crippen molar-refractivity contribution in [1.29, 1.82) is 0 Å². The second-order valence-electron chi connectivity index (χ2n) is 6.21. The number of amides is 1. The molecule has 1 amide bonds. The molecule has 0 spiro atoms. The summed E-state index contributed by atoms with van der Waals surface area (Å²) >= 11 is 0. The topological polar surface area (TPSA) is 51.7 Å². The number of nitrogens with zero attached hydrogens (tertiary/aromatic N) is 2. The molecule has 3 aromatic rings. The standard InChI is InChI=1S/C21H22N2O3/c1-14(21(24)23(2)3)26-19-12-11-16(15-8-5-6-9-17(15)19)18-10-7-13-22-20(18)25-4/h5-14H,1-4H3. The summed E-state index contributed by atoms with van der Waals surface area (Å²) in [5.41, 5.74) is 1.92. The third kappa shape index (κ3) is 3.33. The van der Waals surface area contributed by atoms with Crippen molar-refractivity contribution < 1.29 is 14.3 Å². The molecule has 134 valence electrons. The third-order valence-electron chi connectivity index (χ3n) is 4.23. The maximum Gasteiger partial charge on any atom is 0.262 e. The van der Waals surface area contributed by atoms with Crippen molar-refractivity contribution >= 4 is 16.7 Å². The van der Waals surface area contributed by atoms with Gasteiger partial charge < -0.3 is 14.4 Å². The molecule has 1 aromatic heterocycles. The van der Waals surface area contributed by atoms with E-state index in [-0.39, 0.29) is 5.91 Å². The van der Waals surface area contributed by atoms with E-state index >= 15 is 0 Å². The number of likely N-dealkylation sites (N-methyl/N-ethyl adjacent to an activating group) is 1. The Morgan fingerprint density at radius 1 is 1.00 bits per heavy atom. The van der Waals surface area contributed by atoms with Crippen molar-refractivity contribution in [3.8, 4) is 22.8 Å². The molecule has 26 heavy (non-hydrogen) atoms. The Hall–Kier alpha value is -3.08. The molecule has 5 heteroatoms. The number of carbonyl (C=O) groups is 1. The largest absolute Gasteiger partial charge is 0.481 e. The zero-order valence-corrected chi connectivity index (χ0v) is 15.4. The molecule has 0 aliphatic heterocycles. The summed E-state index contributed by atoms with van der Waals surface area (Å²) < 4.78 is 11.4. The Bertz CT molecular complexity index is 937. The monoisotopic (exact) mass is 350 g/mol. The van der Waals surface area contributed by atoms with Crippen molar-refractivity contribution in [3.63, 3.8) is 0 Å². The molecular formula is C21H22N2O3. The molecule has 3 rings (SSSR count). The first kappa shape index (κ1) is 17.7. The molecule has 2 aromatic carbocycles. The summed E-state index contributed by atoms with van der Waals surface area (Å²) in [7, 11) is 5.05. The number of fused-ring (bicyclic) bond motifs is 1. The predicted molar refractivity (Wildman–Crippen MR) is 103 cm³/mol. The van der Waals surface area contributed by atoms with Crippen molar-refractivity contribution in [3.05, 3.63) is 54.7 Å². The van der Waals surface area contributed by atoms with E-state index in [2.05, 4.69) is 4.98 Å². The van der Waals surface area contributed by atoms with Gasteiger partial charge in [0.25, 0.3) is 5.91 Å². The van der Waals surface area contributed by atoms with Crippen LogP contribution in [0.1, 0.15) is 6.92 Å². The number of benzene rings is 2. The van der Waals surface area contributed by atoms with Gasteiger partial charge in [0.15, 0.2) is 6.10 Å². The summed E-state index contributed by atoms with van der Waals surface area (Å²) in [6.07, 6.45) is 1.14. The van der Waals surface area contributed by atoms with Crippen molar-refractivity contribution in [2.75, 3.05) is 21.2 Å². The van der Waals surface area contributed by atoms with Crippen LogP contribution in [-0.4, -0.2) is 43.1 Å². The smallest absolute Gasteiger partial charge is 0.262 e. The summed E-state index contributed by atoms with van der Waals surface area (Å²) in [4.78, 5) is 18.0. The number of hydrogen-bond donors (Lipinski definition) is 0. The Balaban J connectivity index is 2.09. The van der Waals surface area contributed by atoms with Gasteiger partial charge >= 0.3 is 0 Å². The minimum atomic E-state index is -0.563. The van der Waals surface area contributed by atoms with E-state index in [1.165, 1.54) is 4.90 Å². The molecule has 0 saturated heterocycles. The highest BCUT2D eigenvalue weighted by Crippen LogP contribution is 2.37. The molecule has 0 aliphatic carbocycles. The summed E-state index contributed by atoms with van der Waals surface area (Å²) in [5.74, 6) is 1.17. The average Bonchev–Trinajstić information content (AvgIpc) is 2.67. The SMILES string of the molecule is COc1ncccc1-c1ccc(OC(C)C(=O)N(C)C)c2ccccc12. The summed E-state index contributed by atoms with van der Waals surface area (Å²) in [5, 5.41) is 1.95. The lowest BCUT2D eigenvalue weighted by atomic mass is 9.98. The first-order chi connectivity index (χ1) is 12.5. The Morgan fingerprint density at radius 3 is 2.42 bits per heavy atom. The third-order valence-corrected chi connectivity index (χ3v) is 4.23. The Morgan fingerprint density at radius 2 is 1.73 bits per heavy atom. The highest BCUT2D eigenvalue weighted by atomic mass is 16.5. The number of rotatable bonds is 5. The summed E-state index contributed by atoms with van der Waals surface area (Å²) in [6, 6.07) is 15.7. The van der Waals surface area contributed by atoms with E-state index in [1.54, 1.807) is 34.3 Å². The van der Waals surface area contributed by atoms with Crippen LogP contribution in [0.15, 0.2) is 54.7 Å². The van der Waals surface area contributed by atoms with E-state index in [4.69, 9.17) is 9.47 Å². The van der Waals surface area contributed by atoms with E-state index < -0.39 is 6.10 Å². The molecule has 5 nitrogen and oxygen atoms in total. The van der Waals surface area contributed by atoms with Gasteiger partial charge in [0, 0.05) is 31.2 Å². The van der Waals surface area contributed by atoms with Gasteiger partial charge in [-0.1, -0.05) is 24.3 Å². The first-order valence-corrected chi connectivity index (χ1v) is 8.42. The van der Waals surface area contributed by atoms with E-state index in [1.807, 2.05) is 48.5 Å². The van der Waals surface area contributed by atoms with Gasteiger partial charge in [0.05, 0.1) is 7.11 Å². The van der Waals surface area contributed by atoms with Crippen molar-refractivity contribution in [2.24, 2.45) is 0 Å². The van der Waals surface area contributed by atoms with Gasteiger partial charge in [-0.2, -0.15) is 0 Å². The maximum absolute atomic E-state index is 12.1. The minimum Gasteiger partial charge on any atom is -0.481 e. The lowest BCUT2D eigenvalue weighted by molar-refractivity contribution is -0.135. The van der Waals surface area contributed by atoms with Gasteiger partial charge in [-0.3, -0.25) is 4.79 Å². The van der Waals surface area contributed by atoms with Gasteiger partial charge in [-0.15, -0.1) is 0 Å². The van der Waals surface area contributed by atoms with E-state index in [0.29, 0.717) is 11.6 Å². The fraction of sp³-hybridized carbons (Fsp3) is 0.238. The molecule has 0 fully saturated rings. The van der Waals surface area contributed by atoms with Crippen LogP contribution >= 0.6 is 0 Å². The van der Waals surface area contributed by atoms with Gasteiger partial charge in [0.1, 0.15) is 5.75 Å². The van der Waals surface area contributed by atoms with Crippen LogP contribution in [0, 0.1) is 0 Å². The molecular weight excluding hydrogens is 328 g/mol. The number of carbonyl (C=O) groups excluding carboxylic acids is 1. The highest BCUT2D eigenvalue weighted by molar-refractivity contribution is 6.01. The Labute approximate surface area is 153 Å². The fourth-order valence-corrected chi connectivity index (χ4v) is 2.97. The molecule has 1 unspecified atom stereocenters. The van der Waals surface area contributed by atoms with Crippen molar-refractivity contribution in [2.45, 2.75) is 13.0 Å². The first-order valence-electron chi connectivity index (χ1n) is 8.42. The summed E-state index contributed by atoms with van der Waals surface area (Å²) in [6.45, 7) is 1.76. The number of ether oxygens (including phenoxy) is 2. The highest BCUT2D eigenvalue weighted by Gasteiger charge is 2.19. The quantitative estimate of drug-likeness (QED) is 0.703. The molecule has 0 N–H and O–H groups in total. The zero-order valence-electron chi connectivity index (χ0n) is 15.4. The molecule has 1 heterocycles. The maximum atomic E-state index is 12.1. The number of pyridine rings is 1. The van der Waals surface area contributed by atoms with Crippen LogP contribution < -0.4 is 9.47 Å². The van der Waals surface area contributed by atoms with Crippen molar-refractivity contribution in [1.82, 2.24) is 9.88 Å². The second-order valence-corrected chi connectivity index (χ2v) is 6.21. The van der Waals surface area contributed by atoms with E-state index in [0.717, 1.165) is 21.9 Å². The molecule has 1 atom stereocenters. The zero-order chi connectivity index (χ0) is 18.7. The average molecular weight is 350 g/mol. The van der Waals surface area contributed by atoms with Crippen LogP contribution in [-0.2, 0) is 4.79 Å². The van der Waals surface area contributed by atoms with Crippen LogP contribution in [0.5, 0.6) is 11.6 Å². The predicted octanol–water partition coefficient (Wildman–Crippen LogP) is 3.77. The lowest BCUT2D eigenvalue weighted by Gasteiger charge is -2.20. The normalized spacial score (nSPS) is 11.8. The lowest BCUT2D eigenvalue weighted by Crippen LogP contribution is -2.35. The number of methoxy groups -OCH3 is 1. The van der Waals surface area contributed by atoms with E-state index in [9.17, 15) is 4.79 Å². The fourth-order valence-electron chi connectivity index (χ4n) is 2.97. The van der Waals surface area contributed by atoms with Crippen LogP contribution in [0.2, 0.25) is 0 Å². The van der Waals surface area contributed by atoms with Gasteiger partial charge in [-0.05, 0) is 42.1 Å². The molecule has 0 bridgehead atoms. The number of hydrogen-bond acceptors (Lipinski definition) is 4. The van der Waals surface area contributed by atoms with Gasteiger partial charge in [-0.25, -0.2) is 4.98 Å². The Kier molecular flexibility index (Phi) is 5.07. The minimum absolute atomic E-state index is 0.0768. The molecule has 0 aliphatic rings. The second kappa shape index (κ2) is 7.44. The van der Waals surface area contributed by atoms with Crippen LogP contribution in [0.4, 0.5) is 0 Å². The molecule has 0 saturated carbocycles.